The maximum absolute atomic E-state index is 3.76. The zero-order valence-corrected chi connectivity index (χ0v) is 11.3. The molecule has 0 atom stereocenters. The topological polar surface area (TPSA) is 0 Å². The summed E-state index contributed by atoms with van der Waals surface area (Å²) in [6.45, 7) is 2.19. The first kappa shape index (κ1) is 10.8. The van der Waals surface area contributed by atoms with Crippen molar-refractivity contribution < 1.29 is 0 Å². The van der Waals surface area contributed by atoms with Gasteiger partial charge in [-0.25, -0.2) is 0 Å². The van der Waals surface area contributed by atoms with Gasteiger partial charge < -0.3 is 0 Å². The monoisotopic (exact) mass is 284 g/mol. The minimum atomic E-state index is 1.07. The zero-order valence-electron chi connectivity index (χ0n) is 9.70. The summed E-state index contributed by atoms with van der Waals surface area (Å²) in [5.74, 6) is 0. The Hall–Kier alpha value is -1.34. The molecule has 0 saturated heterocycles. The molecule has 0 fully saturated rings. The lowest BCUT2D eigenvalue weighted by molar-refractivity contribution is 1.18. The summed E-state index contributed by atoms with van der Waals surface area (Å²) < 4.78 is 1.24. The maximum atomic E-state index is 3.76. The summed E-state index contributed by atoms with van der Waals surface area (Å²) in [5.41, 5.74) is 6.77. The van der Waals surface area contributed by atoms with Crippen LogP contribution in [-0.4, -0.2) is 0 Å². The fourth-order valence-electron chi connectivity index (χ4n) is 2.39. The largest absolute Gasteiger partial charge is 0.0683 e. The van der Waals surface area contributed by atoms with Gasteiger partial charge in [0.1, 0.15) is 0 Å². The Bertz CT molecular complexity index is 594. The van der Waals surface area contributed by atoms with Crippen molar-refractivity contribution in [2.24, 2.45) is 0 Å². The van der Waals surface area contributed by atoms with Crippen LogP contribution in [0.1, 0.15) is 18.1 Å². The molecular formula is C16H13Br. The van der Waals surface area contributed by atoms with Crippen LogP contribution in [0.5, 0.6) is 0 Å². The van der Waals surface area contributed by atoms with Crippen LogP contribution in [0, 0.1) is 0 Å². The van der Waals surface area contributed by atoms with Gasteiger partial charge in [-0.3, -0.25) is 0 Å². The van der Waals surface area contributed by atoms with Gasteiger partial charge >= 0.3 is 0 Å². The maximum Gasteiger partial charge on any atom is 0.0294 e. The number of rotatable bonds is 1. The van der Waals surface area contributed by atoms with E-state index < -0.39 is 0 Å². The van der Waals surface area contributed by atoms with Crippen LogP contribution in [0.15, 0.2) is 52.5 Å². The first-order chi connectivity index (χ1) is 8.25. The van der Waals surface area contributed by atoms with Crippen LogP contribution in [0.4, 0.5) is 0 Å². The molecule has 0 nitrogen and oxygen atoms in total. The lowest BCUT2D eigenvalue weighted by Crippen LogP contribution is -1.89. The van der Waals surface area contributed by atoms with Gasteiger partial charge in [-0.05, 0) is 51.5 Å². The molecule has 0 heterocycles. The van der Waals surface area contributed by atoms with Gasteiger partial charge in [0.15, 0.2) is 0 Å². The molecule has 84 valence electrons. The summed E-state index contributed by atoms with van der Waals surface area (Å²) in [6.07, 6.45) is 3.34. The first-order valence-electron chi connectivity index (χ1n) is 5.79. The molecule has 0 N–H and O–H groups in total. The van der Waals surface area contributed by atoms with Crippen LogP contribution in [-0.2, 0) is 6.42 Å². The van der Waals surface area contributed by atoms with Crippen LogP contribution in [0.25, 0.3) is 17.2 Å². The Morgan fingerprint density at radius 1 is 1.00 bits per heavy atom. The molecule has 0 aromatic heterocycles. The highest BCUT2D eigenvalue weighted by Gasteiger charge is 2.15. The molecule has 3 rings (SSSR count). The normalized spacial score (nSPS) is 13.4. The molecular weight excluding hydrogens is 272 g/mol. The molecule has 0 saturated carbocycles. The Morgan fingerprint density at radius 2 is 1.76 bits per heavy atom. The molecule has 0 bridgehead atoms. The fraction of sp³-hybridized carbons (Fsp3) is 0.125. The molecule has 1 heteroatoms. The van der Waals surface area contributed by atoms with E-state index >= 15 is 0 Å². The highest BCUT2D eigenvalue weighted by Crippen LogP contribution is 2.37. The van der Waals surface area contributed by atoms with E-state index in [1.165, 1.54) is 32.3 Å². The smallest absolute Gasteiger partial charge is 0.0294 e. The number of hydrogen-bond donors (Lipinski definition) is 0. The van der Waals surface area contributed by atoms with Crippen molar-refractivity contribution in [3.63, 3.8) is 0 Å². The third-order valence-corrected chi connectivity index (χ3v) is 4.13. The SMILES string of the molecule is CC1=Cc2ccc(-c3ccccc3)c(Br)c2C1. The Kier molecular flexibility index (Phi) is 2.64. The minimum Gasteiger partial charge on any atom is -0.0683 e. The number of benzene rings is 2. The summed E-state index contributed by atoms with van der Waals surface area (Å²) in [6, 6.07) is 14.9. The van der Waals surface area contributed by atoms with Gasteiger partial charge in [-0.1, -0.05) is 54.1 Å². The Morgan fingerprint density at radius 3 is 2.53 bits per heavy atom. The molecule has 0 unspecified atom stereocenters. The van der Waals surface area contributed by atoms with Crippen molar-refractivity contribution in [2.45, 2.75) is 13.3 Å². The van der Waals surface area contributed by atoms with Crippen molar-refractivity contribution in [1.29, 1.82) is 0 Å². The van der Waals surface area contributed by atoms with Gasteiger partial charge in [0.2, 0.25) is 0 Å². The fourth-order valence-corrected chi connectivity index (χ4v) is 3.12. The molecule has 1 aliphatic rings. The van der Waals surface area contributed by atoms with E-state index in [4.69, 9.17) is 0 Å². The molecule has 17 heavy (non-hydrogen) atoms. The molecule has 0 amide bonds. The first-order valence-corrected chi connectivity index (χ1v) is 6.59. The van der Waals surface area contributed by atoms with E-state index in [0.29, 0.717) is 0 Å². The highest BCUT2D eigenvalue weighted by atomic mass is 79.9. The second-order valence-electron chi connectivity index (χ2n) is 4.53. The lowest BCUT2D eigenvalue weighted by atomic mass is 10.00. The van der Waals surface area contributed by atoms with Gasteiger partial charge in [0.25, 0.3) is 0 Å². The number of hydrogen-bond acceptors (Lipinski definition) is 0. The molecule has 2 aromatic carbocycles. The van der Waals surface area contributed by atoms with Crippen molar-refractivity contribution in [3.8, 4) is 11.1 Å². The van der Waals surface area contributed by atoms with Gasteiger partial charge in [-0.2, -0.15) is 0 Å². The standard InChI is InChI=1S/C16H13Br/c1-11-9-13-7-8-14(16(17)15(13)10-11)12-5-3-2-4-6-12/h2-9H,10H2,1H3. The zero-order chi connectivity index (χ0) is 11.8. The van der Waals surface area contributed by atoms with Crippen LogP contribution >= 0.6 is 15.9 Å². The third kappa shape index (κ3) is 1.85. The van der Waals surface area contributed by atoms with Crippen LogP contribution in [0.2, 0.25) is 0 Å². The molecule has 1 aliphatic carbocycles. The Balaban J connectivity index is 2.15. The summed E-state index contributed by atoms with van der Waals surface area (Å²) >= 11 is 3.76. The molecule has 0 spiro atoms. The average Bonchev–Trinajstić information content (AvgIpc) is 2.72. The van der Waals surface area contributed by atoms with Gasteiger partial charge in [0.05, 0.1) is 0 Å². The summed E-state index contributed by atoms with van der Waals surface area (Å²) in [5, 5.41) is 0. The summed E-state index contributed by atoms with van der Waals surface area (Å²) in [7, 11) is 0. The van der Waals surface area contributed by atoms with Crippen molar-refractivity contribution in [1.82, 2.24) is 0 Å². The molecule has 2 aromatic rings. The predicted octanol–water partition coefficient (Wildman–Crippen LogP) is 5.08. The Labute approximate surface area is 110 Å². The van der Waals surface area contributed by atoms with Crippen molar-refractivity contribution >= 4 is 22.0 Å². The van der Waals surface area contributed by atoms with E-state index in [9.17, 15) is 0 Å². The highest BCUT2D eigenvalue weighted by molar-refractivity contribution is 9.10. The van der Waals surface area contributed by atoms with E-state index in [0.717, 1.165) is 6.42 Å². The van der Waals surface area contributed by atoms with Gasteiger partial charge in [0, 0.05) is 4.47 Å². The van der Waals surface area contributed by atoms with Crippen molar-refractivity contribution in [3.05, 3.63) is 63.6 Å². The van der Waals surface area contributed by atoms with E-state index in [1.807, 2.05) is 0 Å². The van der Waals surface area contributed by atoms with Crippen LogP contribution < -0.4 is 0 Å². The molecule has 0 aliphatic heterocycles. The predicted molar refractivity (Wildman–Crippen MR) is 76.9 cm³/mol. The number of halogens is 1. The lowest BCUT2D eigenvalue weighted by Gasteiger charge is -2.09. The quantitative estimate of drug-likeness (QED) is 0.685. The second-order valence-corrected chi connectivity index (χ2v) is 5.32. The van der Waals surface area contributed by atoms with Crippen molar-refractivity contribution in [2.75, 3.05) is 0 Å². The summed E-state index contributed by atoms with van der Waals surface area (Å²) in [4.78, 5) is 0. The van der Waals surface area contributed by atoms with Gasteiger partial charge in [-0.15, -0.1) is 0 Å². The average molecular weight is 285 g/mol. The number of fused-ring (bicyclic) bond motifs is 1. The second kappa shape index (κ2) is 4.15. The van der Waals surface area contributed by atoms with Crippen LogP contribution in [0.3, 0.4) is 0 Å². The molecule has 0 radical (unpaired) electrons. The third-order valence-electron chi connectivity index (χ3n) is 3.22. The van der Waals surface area contributed by atoms with E-state index in [1.54, 1.807) is 0 Å². The number of allylic oxidation sites excluding steroid dienone is 1. The van der Waals surface area contributed by atoms with E-state index in [-0.39, 0.29) is 0 Å². The minimum absolute atomic E-state index is 1.07. The van der Waals surface area contributed by atoms with E-state index in [2.05, 4.69) is 71.4 Å².